The minimum Gasteiger partial charge on any atom is -0.383 e. The number of fused-ring (bicyclic) bond motifs is 1. The van der Waals surface area contributed by atoms with Crippen LogP contribution in [-0.4, -0.2) is 39.6 Å². The van der Waals surface area contributed by atoms with Gasteiger partial charge in [-0.2, -0.15) is 0 Å². The van der Waals surface area contributed by atoms with Crippen molar-refractivity contribution in [2.75, 3.05) is 25.0 Å². The lowest BCUT2D eigenvalue weighted by Crippen LogP contribution is -2.31. The highest BCUT2D eigenvalue weighted by Crippen LogP contribution is 2.20. The standard InChI is InChI=1S/C21H23N3O5S/c1-3-14-4-6-15(7-5-14)24-30(27,28)16-8-9-19-17(12-16)20(25)18(13-23-19)21(26)22-10-11-29-2/h4-9,12-13,24H,3,10-11H2,1-2H3,(H,22,26)(H,23,25). The summed E-state index contributed by atoms with van der Waals surface area (Å²) in [5.41, 5.74) is 1.29. The Morgan fingerprint density at radius 2 is 1.87 bits per heavy atom. The molecule has 0 atom stereocenters. The highest BCUT2D eigenvalue weighted by molar-refractivity contribution is 7.92. The van der Waals surface area contributed by atoms with Crippen LogP contribution >= 0.6 is 0 Å². The summed E-state index contributed by atoms with van der Waals surface area (Å²) in [5, 5.41) is 2.69. The quantitative estimate of drug-likeness (QED) is 0.475. The second-order valence-corrected chi connectivity index (χ2v) is 8.33. The molecule has 0 aliphatic carbocycles. The molecule has 3 rings (SSSR count). The zero-order chi connectivity index (χ0) is 21.7. The van der Waals surface area contributed by atoms with Gasteiger partial charge < -0.3 is 15.0 Å². The van der Waals surface area contributed by atoms with Crippen molar-refractivity contribution in [1.29, 1.82) is 0 Å². The van der Waals surface area contributed by atoms with Crippen LogP contribution in [0.3, 0.4) is 0 Å². The van der Waals surface area contributed by atoms with Gasteiger partial charge in [0.1, 0.15) is 5.56 Å². The minimum atomic E-state index is -3.91. The molecule has 8 nitrogen and oxygen atoms in total. The van der Waals surface area contributed by atoms with Gasteiger partial charge in [0, 0.05) is 36.4 Å². The third kappa shape index (κ3) is 4.69. The molecular formula is C21H23N3O5S. The maximum atomic E-state index is 12.8. The van der Waals surface area contributed by atoms with Crippen molar-refractivity contribution < 1.29 is 17.9 Å². The Kier molecular flexibility index (Phi) is 6.53. The lowest BCUT2D eigenvalue weighted by atomic mass is 10.1. The third-order valence-corrected chi connectivity index (χ3v) is 5.99. The van der Waals surface area contributed by atoms with E-state index in [0.717, 1.165) is 12.0 Å². The Morgan fingerprint density at radius 3 is 2.53 bits per heavy atom. The molecule has 0 fully saturated rings. The first kappa shape index (κ1) is 21.5. The van der Waals surface area contributed by atoms with E-state index in [1.54, 1.807) is 12.1 Å². The van der Waals surface area contributed by atoms with Gasteiger partial charge in [0.2, 0.25) is 5.43 Å². The van der Waals surface area contributed by atoms with Gasteiger partial charge in [-0.15, -0.1) is 0 Å². The number of amides is 1. The number of anilines is 1. The molecule has 1 aromatic heterocycles. The fraction of sp³-hybridized carbons (Fsp3) is 0.238. The molecule has 0 radical (unpaired) electrons. The molecule has 0 aliphatic heterocycles. The van der Waals surface area contributed by atoms with Crippen molar-refractivity contribution in [3.63, 3.8) is 0 Å². The van der Waals surface area contributed by atoms with E-state index in [0.29, 0.717) is 17.8 Å². The summed E-state index contributed by atoms with van der Waals surface area (Å²) in [6.07, 6.45) is 2.16. The number of hydrogen-bond donors (Lipinski definition) is 3. The van der Waals surface area contributed by atoms with Crippen LogP contribution in [0.2, 0.25) is 0 Å². The molecule has 30 heavy (non-hydrogen) atoms. The lowest BCUT2D eigenvalue weighted by Gasteiger charge is -2.10. The van der Waals surface area contributed by atoms with E-state index in [2.05, 4.69) is 15.0 Å². The van der Waals surface area contributed by atoms with Crippen molar-refractivity contribution in [2.45, 2.75) is 18.2 Å². The predicted octanol–water partition coefficient (Wildman–Crippen LogP) is 2.27. The number of carbonyl (C=O) groups excluding carboxylic acids is 1. The van der Waals surface area contributed by atoms with E-state index in [4.69, 9.17) is 4.74 Å². The molecule has 0 saturated heterocycles. The number of aromatic nitrogens is 1. The topological polar surface area (TPSA) is 117 Å². The maximum Gasteiger partial charge on any atom is 0.261 e. The second kappa shape index (κ2) is 9.10. The molecule has 1 amide bonds. The Bertz CT molecular complexity index is 1220. The number of rotatable bonds is 8. The number of nitrogens with one attached hydrogen (secondary N) is 3. The molecule has 0 aliphatic rings. The smallest absolute Gasteiger partial charge is 0.261 e. The summed E-state index contributed by atoms with van der Waals surface area (Å²) in [5.74, 6) is -0.558. The Morgan fingerprint density at radius 1 is 1.13 bits per heavy atom. The summed E-state index contributed by atoms with van der Waals surface area (Å²) in [7, 11) is -2.41. The van der Waals surface area contributed by atoms with E-state index in [-0.39, 0.29) is 22.4 Å². The first-order chi connectivity index (χ1) is 14.4. The van der Waals surface area contributed by atoms with Crippen LogP contribution in [0.1, 0.15) is 22.8 Å². The molecule has 9 heteroatoms. The number of ether oxygens (including phenoxy) is 1. The molecular weight excluding hydrogens is 406 g/mol. The Balaban J connectivity index is 1.93. The molecule has 158 valence electrons. The molecule has 2 aromatic carbocycles. The van der Waals surface area contributed by atoms with Gasteiger partial charge in [0.15, 0.2) is 0 Å². The van der Waals surface area contributed by atoms with Crippen LogP contribution in [0.5, 0.6) is 0 Å². The summed E-state index contributed by atoms with van der Waals surface area (Å²) >= 11 is 0. The normalized spacial score (nSPS) is 11.4. The van der Waals surface area contributed by atoms with E-state index < -0.39 is 21.4 Å². The highest BCUT2D eigenvalue weighted by Gasteiger charge is 2.18. The number of benzene rings is 2. The first-order valence-electron chi connectivity index (χ1n) is 9.40. The van der Waals surface area contributed by atoms with Crippen LogP contribution in [0, 0.1) is 0 Å². The fourth-order valence-electron chi connectivity index (χ4n) is 2.92. The van der Waals surface area contributed by atoms with Gasteiger partial charge >= 0.3 is 0 Å². The summed E-state index contributed by atoms with van der Waals surface area (Å²) in [4.78, 5) is 27.8. The van der Waals surface area contributed by atoms with Gasteiger partial charge in [-0.05, 0) is 42.3 Å². The van der Waals surface area contributed by atoms with Crippen molar-refractivity contribution in [3.8, 4) is 0 Å². The second-order valence-electron chi connectivity index (χ2n) is 6.64. The Labute approximate surface area is 174 Å². The lowest BCUT2D eigenvalue weighted by molar-refractivity contribution is 0.0936. The first-order valence-corrected chi connectivity index (χ1v) is 10.9. The summed E-state index contributed by atoms with van der Waals surface area (Å²) in [6.45, 7) is 2.57. The molecule has 3 aromatic rings. The predicted molar refractivity (Wildman–Crippen MR) is 115 cm³/mol. The molecule has 0 bridgehead atoms. The van der Waals surface area contributed by atoms with Crippen molar-refractivity contribution >= 4 is 32.5 Å². The molecule has 0 unspecified atom stereocenters. The number of pyridine rings is 1. The van der Waals surface area contributed by atoms with Crippen LogP contribution < -0.4 is 15.5 Å². The van der Waals surface area contributed by atoms with Crippen molar-refractivity contribution in [1.82, 2.24) is 10.3 Å². The van der Waals surface area contributed by atoms with Crippen LogP contribution in [-0.2, 0) is 21.2 Å². The number of sulfonamides is 1. The maximum absolute atomic E-state index is 12.8. The van der Waals surface area contributed by atoms with Gasteiger partial charge in [-0.3, -0.25) is 14.3 Å². The Hall–Kier alpha value is -3.17. The minimum absolute atomic E-state index is 0.0722. The fourth-order valence-corrected chi connectivity index (χ4v) is 4.00. The van der Waals surface area contributed by atoms with E-state index in [1.807, 2.05) is 19.1 Å². The zero-order valence-electron chi connectivity index (χ0n) is 16.7. The SMILES string of the molecule is CCc1ccc(NS(=O)(=O)c2ccc3[nH]cc(C(=O)NCCOC)c(=O)c3c2)cc1. The van der Waals surface area contributed by atoms with Crippen molar-refractivity contribution in [3.05, 3.63) is 70.0 Å². The number of aryl methyl sites for hydroxylation is 1. The highest BCUT2D eigenvalue weighted by atomic mass is 32.2. The van der Waals surface area contributed by atoms with Crippen LogP contribution in [0.25, 0.3) is 10.9 Å². The molecule has 0 spiro atoms. The van der Waals surface area contributed by atoms with Crippen LogP contribution in [0.4, 0.5) is 5.69 Å². The monoisotopic (exact) mass is 429 g/mol. The van der Waals surface area contributed by atoms with Crippen molar-refractivity contribution in [2.24, 2.45) is 0 Å². The van der Waals surface area contributed by atoms with Gasteiger partial charge in [-0.25, -0.2) is 8.42 Å². The summed E-state index contributed by atoms with van der Waals surface area (Å²) < 4.78 is 33.0. The third-order valence-electron chi connectivity index (χ3n) is 4.61. The summed E-state index contributed by atoms with van der Waals surface area (Å²) in [6, 6.07) is 11.2. The average molecular weight is 429 g/mol. The van der Waals surface area contributed by atoms with Crippen LogP contribution in [0.15, 0.2) is 58.4 Å². The largest absolute Gasteiger partial charge is 0.383 e. The van der Waals surface area contributed by atoms with Gasteiger partial charge in [-0.1, -0.05) is 19.1 Å². The number of H-pyrrole nitrogens is 1. The average Bonchev–Trinajstić information content (AvgIpc) is 2.74. The van der Waals surface area contributed by atoms with E-state index in [9.17, 15) is 18.0 Å². The zero-order valence-corrected chi connectivity index (χ0v) is 17.5. The number of methoxy groups -OCH3 is 1. The molecule has 3 N–H and O–H groups in total. The number of hydrogen-bond acceptors (Lipinski definition) is 5. The number of carbonyl (C=O) groups is 1. The molecule has 0 saturated carbocycles. The van der Waals surface area contributed by atoms with E-state index in [1.165, 1.54) is 31.5 Å². The van der Waals surface area contributed by atoms with Gasteiger partial charge in [0.25, 0.3) is 15.9 Å². The van der Waals surface area contributed by atoms with E-state index >= 15 is 0 Å². The molecule has 1 heterocycles. The number of aromatic amines is 1. The van der Waals surface area contributed by atoms with Gasteiger partial charge in [0.05, 0.1) is 11.5 Å².